The van der Waals surface area contributed by atoms with Crippen LogP contribution in [0.1, 0.15) is 0 Å². The van der Waals surface area contributed by atoms with E-state index in [4.69, 9.17) is 0 Å². The van der Waals surface area contributed by atoms with E-state index in [-0.39, 0.29) is 0 Å². The van der Waals surface area contributed by atoms with Crippen LogP contribution in [0.2, 0.25) is 0 Å². The Balaban J connectivity index is 0.000000121. The van der Waals surface area contributed by atoms with Crippen LogP contribution < -0.4 is 0 Å². The molecule has 6 heteroatoms. The van der Waals surface area contributed by atoms with E-state index >= 15 is 0 Å². The van der Waals surface area contributed by atoms with Crippen LogP contribution in [0, 0.1) is 0 Å². The standard InChI is InChI=1S/C4H4N2.2C3H4N2/c1-2-6-4-3-5-1;2*1-2-5-3-4-1/h1-4H;2*1-3H,(H,4,5). The van der Waals surface area contributed by atoms with Crippen molar-refractivity contribution in [3.8, 4) is 0 Å². The first-order chi connectivity index (χ1) is 8.00. The van der Waals surface area contributed by atoms with Crippen molar-refractivity contribution in [2.75, 3.05) is 0 Å². The van der Waals surface area contributed by atoms with Crippen molar-refractivity contribution in [2.24, 2.45) is 0 Å². The molecule has 0 aliphatic rings. The number of hydrogen-bond donors (Lipinski definition) is 2. The number of aromatic amines is 2. The Hall–Kier alpha value is -2.50. The third kappa shape index (κ3) is 6.96. The molecule has 0 aliphatic carbocycles. The van der Waals surface area contributed by atoms with Gasteiger partial charge in [0, 0.05) is 49.6 Å². The molecule has 82 valence electrons. The summed E-state index contributed by atoms with van der Waals surface area (Å²) in [7, 11) is 0. The first-order valence-electron chi connectivity index (χ1n) is 4.55. The third-order valence-electron chi connectivity index (χ3n) is 1.29. The molecule has 6 nitrogen and oxygen atoms in total. The highest BCUT2D eigenvalue weighted by Gasteiger charge is 1.59. The van der Waals surface area contributed by atoms with Gasteiger partial charge < -0.3 is 9.97 Å². The molecule has 3 heterocycles. The van der Waals surface area contributed by atoms with Crippen LogP contribution in [-0.2, 0) is 0 Å². The molecule has 3 aromatic rings. The van der Waals surface area contributed by atoms with Crippen molar-refractivity contribution in [3.05, 3.63) is 62.2 Å². The topological polar surface area (TPSA) is 83.1 Å². The van der Waals surface area contributed by atoms with Gasteiger partial charge in [-0.1, -0.05) is 0 Å². The minimum absolute atomic E-state index is 1.62. The lowest BCUT2D eigenvalue weighted by Crippen LogP contribution is -1.66. The molecule has 0 fully saturated rings. The maximum absolute atomic E-state index is 3.72. The van der Waals surface area contributed by atoms with Gasteiger partial charge in [-0.05, 0) is 0 Å². The van der Waals surface area contributed by atoms with Crippen LogP contribution in [0.15, 0.2) is 62.2 Å². The summed E-state index contributed by atoms with van der Waals surface area (Å²) >= 11 is 0. The second-order valence-electron chi connectivity index (χ2n) is 2.42. The number of nitrogens with one attached hydrogen (secondary N) is 2. The Morgan fingerprint density at radius 1 is 0.500 bits per heavy atom. The minimum Gasteiger partial charge on any atom is -0.351 e. The van der Waals surface area contributed by atoms with Crippen LogP contribution in [0.25, 0.3) is 0 Å². The lowest BCUT2D eigenvalue weighted by molar-refractivity contribution is 1.20. The average molecular weight is 216 g/mol. The molecule has 0 amide bonds. The minimum atomic E-state index is 1.62. The number of aromatic nitrogens is 6. The van der Waals surface area contributed by atoms with Gasteiger partial charge in [-0.2, -0.15) is 0 Å². The van der Waals surface area contributed by atoms with E-state index in [0.29, 0.717) is 0 Å². The zero-order valence-electron chi connectivity index (χ0n) is 8.56. The van der Waals surface area contributed by atoms with Gasteiger partial charge in [-0.25, -0.2) is 9.97 Å². The lowest BCUT2D eigenvalue weighted by Gasteiger charge is -1.70. The van der Waals surface area contributed by atoms with Gasteiger partial charge in [0.25, 0.3) is 0 Å². The highest BCUT2D eigenvalue weighted by molar-refractivity contribution is 4.70. The molecule has 3 aromatic heterocycles. The van der Waals surface area contributed by atoms with Crippen molar-refractivity contribution in [1.29, 1.82) is 0 Å². The SMILES string of the molecule is c1c[nH]cn1.c1c[nH]cn1.c1cnccn1. The van der Waals surface area contributed by atoms with Crippen LogP contribution in [0.4, 0.5) is 0 Å². The van der Waals surface area contributed by atoms with Crippen LogP contribution in [0.5, 0.6) is 0 Å². The summed E-state index contributed by atoms with van der Waals surface area (Å²) in [5.41, 5.74) is 0. The van der Waals surface area contributed by atoms with Gasteiger partial charge in [0.1, 0.15) is 0 Å². The van der Waals surface area contributed by atoms with Crippen LogP contribution in [-0.4, -0.2) is 29.9 Å². The fourth-order valence-electron chi connectivity index (χ4n) is 0.684. The molecule has 3 rings (SSSR count). The number of nitrogens with zero attached hydrogens (tertiary/aromatic N) is 4. The Bertz CT molecular complexity index is 307. The van der Waals surface area contributed by atoms with E-state index in [2.05, 4.69) is 29.9 Å². The number of hydrogen-bond acceptors (Lipinski definition) is 4. The summed E-state index contributed by atoms with van der Waals surface area (Å²) < 4.78 is 0. The van der Waals surface area contributed by atoms with Crippen molar-refractivity contribution in [2.45, 2.75) is 0 Å². The molecule has 0 atom stereocenters. The van der Waals surface area contributed by atoms with Crippen molar-refractivity contribution >= 4 is 0 Å². The van der Waals surface area contributed by atoms with Gasteiger partial charge in [0.2, 0.25) is 0 Å². The zero-order valence-corrected chi connectivity index (χ0v) is 8.56. The fourth-order valence-corrected chi connectivity index (χ4v) is 0.684. The summed E-state index contributed by atoms with van der Waals surface area (Å²) in [6.45, 7) is 0. The lowest BCUT2D eigenvalue weighted by atomic mass is 10.8. The molecule has 16 heavy (non-hydrogen) atoms. The summed E-state index contributed by atoms with van der Waals surface area (Å²) in [6.07, 6.45) is 16.7. The molecule has 0 radical (unpaired) electrons. The smallest absolute Gasteiger partial charge is 0.0919 e. The largest absolute Gasteiger partial charge is 0.351 e. The summed E-state index contributed by atoms with van der Waals surface area (Å²) in [4.78, 5) is 20.3. The molecular weight excluding hydrogens is 204 g/mol. The zero-order chi connectivity index (χ0) is 11.3. The van der Waals surface area contributed by atoms with E-state index < -0.39 is 0 Å². The summed E-state index contributed by atoms with van der Waals surface area (Å²) in [6, 6.07) is 0. The summed E-state index contributed by atoms with van der Waals surface area (Å²) in [5, 5.41) is 0. The Labute approximate surface area is 92.9 Å². The Morgan fingerprint density at radius 2 is 0.938 bits per heavy atom. The molecule has 0 spiro atoms. The predicted octanol–water partition coefficient (Wildman–Crippen LogP) is 1.30. The van der Waals surface area contributed by atoms with E-state index in [1.54, 1.807) is 62.2 Å². The van der Waals surface area contributed by atoms with Crippen molar-refractivity contribution in [3.63, 3.8) is 0 Å². The third-order valence-corrected chi connectivity index (χ3v) is 1.29. The van der Waals surface area contributed by atoms with E-state index in [9.17, 15) is 0 Å². The fraction of sp³-hybridized carbons (Fsp3) is 0. The first-order valence-corrected chi connectivity index (χ1v) is 4.55. The molecule has 0 saturated carbocycles. The van der Waals surface area contributed by atoms with Gasteiger partial charge >= 0.3 is 0 Å². The van der Waals surface area contributed by atoms with Crippen LogP contribution >= 0.6 is 0 Å². The normalized spacial score (nSPS) is 8.00. The number of rotatable bonds is 0. The van der Waals surface area contributed by atoms with Crippen LogP contribution in [0.3, 0.4) is 0 Å². The quantitative estimate of drug-likeness (QED) is 0.593. The Morgan fingerprint density at radius 3 is 1.06 bits per heavy atom. The number of H-pyrrole nitrogens is 2. The maximum Gasteiger partial charge on any atom is 0.0919 e. The summed E-state index contributed by atoms with van der Waals surface area (Å²) in [5.74, 6) is 0. The van der Waals surface area contributed by atoms with E-state index in [1.165, 1.54) is 0 Å². The maximum atomic E-state index is 3.72. The molecule has 0 aliphatic heterocycles. The van der Waals surface area contributed by atoms with Gasteiger partial charge in [0.15, 0.2) is 0 Å². The monoisotopic (exact) mass is 216 g/mol. The van der Waals surface area contributed by atoms with Gasteiger partial charge in [-0.15, -0.1) is 0 Å². The van der Waals surface area contributed by atoms with E-state index in [1.807, 2.05) is 0 Å². The first kappa shape index (κ1) is 11.6. The number of imidazole rings is 2. The second kappa shape index (κ2) is 9.07. The molecular formula is C10H12N6. The predicted molar refractivity (Wildman–Crippen MR) is 59.2 cm³/mol. The van der Waals surface area contributed by atoms with Gasteiger partial charge in [0.05, 0.1) is 12.7 Å². The second-order valence-corrected chi connectivity index (χ2v) is 2.42. The van der Waals surface area contributed by atoms with Crippen molar-refractivity contribution < 1.29 is 0 Å². The molecule has 0 aromatic carbocycles. The van der Waals surface area contributed by atoms with Gasteiger partial charge in [-0.3, -0.25) is 9.97 Å². The van der Waals surface area contributed by atoms with E-state index in [0.717, 1.165) is 0 Å². The molecule has 2 N–H and O–H groups in total. The van der Waals surface area contributed by atoms with Crippen molar-refractivity contribution in [1.82, 2.24) is 29.9 Å². The highest BCUT2D eigenvalue weighted by Crippen LogP contribution is 1.66. The molecule has 0 unspecified atom stereocenters. The molecule has 0 bridgehead atoms. The average Bonchev–Trinajstić information content (AvgIpc) is 3.10. The molecule has 0 saturated heterocycles. The highest BCUT2D eigenvalue weighted by atomic mass is 14.8. The Kier molecular flexibility index (Phi) is 6.56.